The molecule has 27 heavy (non-hydrogen) atoms. The van der Waals surface area contributed by atoms with Crippen LogP contribution in [0.3, 0.4) is 0 Å². The molecule has 4 aromatic rings. The molecule has 2 aromatic carbocycles. The van der Waals surface area contributed by atoms with Gasteiger partial charge < -0.3 is 9.47 Å². The molecule has 0 spiro atoms. The Morgan fingerprint density at radius 1 is 1.04 bits per heavy atom. The summed E-state index contributed by atoms with van der Waals surface area (Å²) in [6, 6.07) is 17.3. The van der Waals surface area contributed by atoms with E-state index in [-0.39, 0.29) is 5.56 Å². The van der Waals surface area contributed by atoms with E-state index in [9.17, 15) is 4.79 Å². The first-order valence-corrected chi connectivity index (χ1v) is 9.43. The number of thiophene rings is 1. The molecule has 2 aromatic heterocycles. The van der Waals surface area contributed by atoms with E-state index in [1.807, 2.05) is 60.0 Å². The largest absolute Gasteiger partial charge is 0.497 e. The van der Waals surface area contributed by atoms with Crippen molar-refractivity contribution < 1.29 is 9.47 Å². The summed E-state index contributed by atoms with van der Waals surface area (Å²) in [5.74, 6) is 1.59. The summed E-state index contributed by atoms with van der Waals surface area (Å²) in [5, 5.41) is 1.98. The van der Waals surface area contributed by atoms with Crippen LogP contribution in [0.1, 0.15) is 0 Å². The molecule has 0 aliphatic heterocycles. The molecule has 2 heterocycles. The Morgan fingerprint density at radius 3 is 2.56 bits per heavy atom. The van der Waals surface area contributed by atoms with Gasteiger partial charge in [0.25, 0.3) is 5.56 Å². The van der Waals surface area contributed by atoms with Gasteiger partial charge in [0, 0.05) is 10.9 Å². The predicted molar refractivity (Wildman–Crippen MR) is 108 cm³/mol. The monoisotopic (exact) mass is 378 g/mol. The topological polar surface area (TPSA) is 53.4 Å². The number of aromatic nitrogens is 2. The maximum atomic E-state index is 12.8. The zero-order chi connectivity index (χ0) is 18.6. The second kappa shape index (κ2) is 7.63. The van der Waals surface area contributed by atoms with Crippen molar-refractivity contribution in [2.75, 3.05) is 13.7 Å². The number of fused-ring (bicyclic) bond motifs is 1. The molecule has 6 heteroatoms. The number of methoxy groups -OCH3 is 1. The van der Waals surface area contributed by atoms with E-state index in [4.69, 9.17) is 9.47 Å². The van der Waals surface area contributed by atoms with Gasteiger partial charge in [-0.25, -0.2) is 4.98 Å². The molecule has 0 aliphatic carbocycles. The number of nitrogens with zero attached hydrogens (tertiary/aromatic N) is 2. The van der Waals surface area contributed by atoms with Crippen molar-refractivity contribution in [2.24, 2.45) is 0 Å². The van der Waals surface area contributed by atoms with E-state index >= 15 is 0 Å². The number of hydrogen-bond acceptors (Lipinski definition) is 5. The molecular formula is C21H18N2O3S. The van der Waals surface area contributed by atoms with E-state index in [1.165, 1.54) is 11.3 Å². The molecule has 136 valence electrons. The average molecular weight is 378 g/mol. The lowest BCUT2D eigenvalue weighted by Crippen LogP contribution is -2.22. The SMILES string of the molecule is COc1ccc(-c2csc3c(=O)n(CCOc4ccccc4)cnc23)cc1. The number of hydrogen-bond donors (Lipinski definition) is 0. The first kappa shape index (κ1) is 17.3. The van der Waals surface area contributed by atoms with Crippen LogP contribution >= 0.6 is 11.3 Å². The van der Waals surface area contributed by atoms with Crippen LogP contribution in [0.25, 0.3) is 21.3 Å². The van der Waals surface area contributed by atoms with Gasteiger partial charge in [0.2, 0.25) is 0 Å². The Bertz CT molecular complexity index is 1100. The van der Waals surface area contributed by atoms with Gasteiger partial charge >= 0.3 is 0 Å². The standard InChI is InChI=1S/C21H18N2O3S/c1-25-16-9-7-15(8-10-16)18-13-27-20-19(18)22-14-23(21(20)24)11-12-26-17-5-3-2-4-6-17/h2-10,13-14H,11-12H2,1H3. The third-order valence-electron chi connectivity index (χ3n) is 4.29. The van der Waals surface area contributed by atoms with Gasteiger partial charge in [-0.3, -0.25) is 9.36 Å². The van der Waals surface area contributed by atoms with Crippen molar-refractivity contribution >= 4 is 21.6 Å². The molecule has 0 amide bonds. The lowest BCUT2D eigenvalue weighted by Gasteiger charge is -2.08. The Balaban J connectivity index is 1.56. The summed E-state index contributed by atoms with van der Waals surface area (Å²) in [6.45, 7) is 0.861. The minimum Gasteiger partial charge on any atom is -0.497 e. The third-order valence-corrected chi connectivity index (χ3v) is 5.25. The van der Waals surface area contributed by atoms with Crippen molar-refractivity contribution in [3.8, 4) is 22.6 Å². The van der Waals surface area contributed by atoms with E-state index in [2.05, 4.69) is 4.98 Å². The molecule has 0 radical (unpaired) electrons. The van der Waals surface area contributed by atoms with Gasteiger partial charge in [-0.05, 0) is 29.8 Å². The van der Waals surface area contributed by atoms with Crippen molar-refractivity contribution in [3.63, 3.8) is 0 Å². The van der Waals surface area contributed by atoms with Crippen LogP contribution in [-0.4, -0.2) is 23.3 Å². The summed E-state index contributed by atoms with van der Waals surface area (Å²) in [5.41, 5.74) is 2.67. The molecule has 0 atom stereocenters. The van der Waals surface area contributed by atoms with Crippen LogP contribution in [0.5, 0.6) is 11.5 Å². The Morgan fingerprint density at radius 2 is 1.81 bits per heavy atom. The first-order valence-electron chi connectivity index (χ1n) is 8.55. The molecule has 0 saturated heterocycles. The van der Waals surface area contributed by atoms with Crippen molar-refractivity contribution in [1.82, 2.24) is 9.55 Å². The highest BCUT2D eigenvalue weighted by Gasteiger charge is 2.12. The van der Waals surface area contributed by atoms with E-state index in [0.29, 0.717) is 17.9 Å². The number of rotatable bonds is 6. The van der Waals surface area contributed by atoms with Gasteiger partial charge in [-0.1, -0.05) is 30.3 Å². The van der Waals surface area contributed by atoms with Gasteiger partial charge in [-0.2, -0.15) is 0 Å². The van der Waals surface area contributed by atoms with Crippen LogP contribution < -0.4 is 15.0 Å². The van der Waals surface area contributed by atoms with E-state index < -0.39 is 0 Å². The second-order valence-corrected chi connectivity index (χ2v) is 6.84. The number of para-hydroxylation sites is 1. The van der Waals surface area contributed by atoms with Crippen LogP contribution in [-0.2, 0) is 6.54 Å². The quantitative estimate of drug-likeness (QED) is 0.504. The molecular weight excluding hydrogens is 360 g/mol. The van der Waals surface area contributed by atoms with E-state index in [1.54, 1.807) is 18.0 Å². The van der Waals surface area contributed by atoms with Gasteiger partial charge in [0.1, 0.15) is 22.8 Å². The average Bonchev–Trinajstić information content (AvgIpc) is 3.15. The van der Waals surface area contributed by atoms with Crippen molar-refractivity contribution in [2.45, 2.75) is 6.54 Å². The lowest BCUT2D eigenvalue weighted by atomic mass is 10.1. The minimum atomic E-state index is -0.0403. The highest BCUT2D eigenvalue weighted by Crippen LogP contribution is 2.31. The lowest BCUT2D eigenvalue weighted by molar-refractivity contribution is 0.296. The molecule has 4 rings (SSSR count). The van der Waals surface area contributed by atoms with Crippen molar-refractivity contribution in [3.05, 3.63) is 76.7 Å². The zero-order valence-electron chi connectivity index (χ0n) is 14.8. The van der Waals surface area contributed by atoms with Gasteiger partial charge in [-0.15, -0.1) is 11.3 Å². The van der Waals surface area contributed by atoms with Crippen LogP contribution in [0.4, 0.5) is 0 Å². The van der Waals surface area contributed by atoms with Crippen LogP contribution in [0, 0.1) is 0 Å². The molecule has 5 nitrogen and oxygen atoms in total. The second-order valence-electron chi connectivity index (χ2n) is 5.96. The highest BCUT2D eigenvalue weighted by atomic mass is 32.1. The molecule has 0 fully saturated rings. The Hall–Kier alpha value is -3.12. The fraction of sp³-hybridized carbons (Fsp3) is 0.143. The first-order chi connectivity index (χ1) is 13.3. The zero-order valence-corrected chi connectivity index (χ0v) is 15.6. The summed E-state index contributed by atoms with van der Waals surface area (Å²) in [7, 11) is 1.64. The highest BCUT2D eigenvalue weighted by molar-refractivity contribution is 7.17. The van der Waals surface area contributed by atoms with Gasteiger partial charge in [0.15, 0.2) is 0 Å². The normalized spacial score (nSPS) is 10.9. The Labute approximate surface area is 160 Å². The van der Waals surface area contributed by atoms with Crippen molar-refractivity contribution in [1.29, 1.82) is 0 Å². The summed E-state index contributed by atoms with van der Waals surface area (Å²) in [6.07, 6.45) is 1.60. The van der Waals surface area contributed by atoms with E-state index in [0.717, 1.165) is 28.1 Å². The maximum absolute atomic E-state index is 12.8. The van der Waals surface area contributed by atoms with Crippen LogP contribution in [0.2, 0.25) is 0 Å². The predicted octanol–water partition coefficient (Wildman–Crippen LogP) is 4.21. The minimum absolute atomic E-state index is 0.0403. The maximum Gasteiger partial charge on any atom is 0.271 e. The summed E-state index contributed by atoms with van der Waals surface area (Å²) < 4.78 is 13.1. The fourth-order valence-electron chi connectivity index (χ4n) is 2.86. The summed E-state index contributed by atoms with van der Waals surface area (Å²) >= 11 is 1.42. The molecule has 0 saturated carbocycles. The Kier molecular flexibility index (Phi) is 4.89. The fourth-order valence-corrected chi connectivity index (χ4v) is 3.83. The van der Waals surface area contributed by atoms with Crippen LogP contribution in [0.15, 0.2) is 71.1 Å². The molecule has 0 bridgehead atoms. The third kappa shape index (κ3) is 3.57. The molecule has 0 aliphatic rings. The smallest absolute Gasteiger partial charge is 0.271 e. The molecule has 0 N–H and O–H groups in total. The molecule has 0 unspecified atom stereocenters. The summed E-state index contributed by atoms with van der Waals surface area (Å²) in [4.78, 5) is 17.3. The number of ether oxygens (including phenoxy) is 2. The van der Waals surface area contributed by atoms with Gasteiger partial charge in [0.05, 0.1) is 25.5 Å². The number of benzene rings is 2.